The third kappa shape index (κ3) is 3.24. The Labute approximate surface area is 144 Å². The summed E-state index contributed by atoms with van der Waals surface area (Å²) in [6.45, 7) is 2.07. The van der Waals surface area contributed by atoms with Gasteiger partial charge in [0.1, 0.15) is 0 Å². The third-order valence-corrected chi connectivity index (χ3v) is 5.13. The van der Waals surface area contributed by atoms with Crippen LogP contribution < -0.4 is 0 Å². The highest BCUT2D eigenvalue weighted by Gasteiger charge is 2.15. The van der Waals surface area contributed by atoms with Gasteiger partial charge in [0, 0.05) is 21.7 Å². The van der Waals surface area contributed by atoms with E-state index < -0.39 is 10.8 Å². The molecule has 3 aromatic rings. The fraction of sp³-hybridized carbons (Fsp3) is 0.100. The van der Waals surface area contributed by atoms with Gasteiger partial charge in [0.05, 0.1) is 10.8 Å². The molecule has 0 saturated heterocycles. The summed E-state index contributed by atoms with van der Waals surface area (Å²) in [6, 6.07) is 22.0. The van der Waals surface area contributed by atoms with Gasteiger partial charge in [-0.2, -0.15) is 0 Å². The van der Waals surface area contributed by atoms with E-state index >= 15 is 0 Å². The molecule has 0 heterocycles. The first kappa shape index (κ1) is 16.0. The van der Waals surface area contributed by atoms with Gasteiger partial charge >= 0.3 is 0 Å². The van der Waals surface area contributed by atoms with E-state index in [1.54, 1.807) is 6.26 Å². The van der Waals surface area contributed by atoms with E-state index in [2.05, 4.69) is 37.3 Å². The fourth-order valence-electron chi connectivity index (χ4n) is 2.70. The molecule has 0 radical (unpaired) electrons. The van der Waals surface area contributed by atoms with Crippen LogP contribution in [0.5, 0.6) is 0 Å². The largest absolute Gasteiger partial charge is 0.255 e. The molecule has 0 spiro atoms. The number of rotatable bonds is 3. The summed E-state index contributed by atoms with van der Waals surface area (Å²) in [5.41, 5.74) is 5.23. The summed E-state index contributed by atoms with van der Waals surface area (Å²) in [7, 11) is -1.08. The van der Waals surface area contributed by atoms with Crippen molar-refractivity contribution in [3.8, 4) is 22.3 Å². The van der Waals surface area contributed by atoms with Gasteiger partial charge in [-0.1, -0.05) is 71.8 Å². The minimum Gasteiger partial charge on any atom is -0.255 e. The Morgan fingerprint density at radius 2 is 1.48 bits per heavy atom. The van der Waals surface area contributed by atoms with Crippen molar-refractivity contribution in [1.82, 2.24) is 0 Å². The second kappa shape index (κ2) is 6.69. The molecule has 0 amide bonds. The number of hydrogen-bond acceptors (Lipinski definition) is 1. The molecule has 0 N–H and O–H groups in total. The van der Waals surface area contributed by atoms with Crippen molar-refractivity contribution in [2.75, 3.05) is 6.26 Å². The van der Waals surface area contributed by atoms with Gasteiger partial charge in [0.25, 0.3) is 0 Å². The first-order valence-corrected chi connectivity index (χ1v) is 9.30. The SMILES string of the molecule is Cc1ccc(-c2cccc(Cl)c2-c2ccccc2S(C)=O)cc1. The Bertz CT molecular complexity index is 869. The topological polar surface area (TPSA) is 17.1 Å². The lowest BCUT2D eigenvalue weighted by atomic mass is 9.94. The maximum atomic E-state index is 12.1. The predicted molar refractivity (Wildman–Crippen MR) is 99.4 cm³/mol. The highest BCUT2D eigenvalue weighted by Crippen LogP contribution is 2.39. The van der Waals surface area contributed by atoms with Gasteiger partial charge in [-0.15, -0.1) is 0 Å². The van der Waals surface area contributed by atoms with Gasteiger partial charge in [0.2, 0.25) is 0 Å². The maximum Gasteiger partial charge on any atom is 0.0504 e. The minimum atomic E-state index is -1.08. The molecule has 1 nitrogen and oxygen atoms in total. The van der Waals surface area contributed by atoms with Crippen molar-refractivity contribution in [1.29, 1.82) is 0 Å². The van der Waals surface area contributed by atoms with Crippen LogP contribution >= 0.6 is 11.6 Å². The van der Waals surface area contributed by atoms with E-state index in [0.29, 0.717) is 5.02 Å². The molecule has 3 rings (SSSR count). The fourth-order valence-corrected chi connectivity index (χ4v) is 3.72. The average molecular weight is 341 g/mol. The maximum absolute atomic E-state index is 12.1. The molecular weight excluding hydrogens is 324 g/mol. The van der Waals surface area contributed by atoms with E-state index in [4.69, 9.17) is 11.6 Å². The molecule has 0 aliphatic carbocycles. The lowest BCUT2D eigenvalue weighted by Gasteiger charge is -2.15. The van der Waals surface area contributed by atoms with Crippen molar-refractivity contribution in [2.45, 2.75) is 11.8 Å². The lowest BCUT2D eigenvalue weighted by molar-refractivity contribution is 0.687. The molecule has 1 unspecified atom stereocenters. The molecule has 0 saturated carbocycles. The highest BCUT2D eigenvalue weighted by atomic mass is 35.5. The van der Waals surface area contributed by atoms with E-state index in [0.717, 1.165) is 27.1 Å². The number of benzene rings is 3. The first-order valence-electron chi connectivity index (χ1n) is 7.36. The van der Waals surface area contributed by atoms with Crippen LogP contribution in [0.2, 0.25) is 5.02 Å². The summed E-state index contributed by atoms with van der Waals surface area (Å²) in [5.74, 6) is 0. The number of halogens is 1. The number of aryl methyl sites for hydroxylation is 1. The van der Waals surface area contributed by atoms with Crippen molar-refractivity contribution in [3.63, 3.8) is 0 Å². The molecule has 3 aromatic carbocycles. The third-order valence-electron chi connectivity index (χ3n) is 3.84. The number of hydrogen-bond donors (Lipinski definition) is 0. The van der Waals surface area contributed by atoms with Gasteiger partial charge in [-0.05, 0) is 35.7 Å². The quantitative estimate of drug-likeness (QED) is 0.596. The van der Waals surface area contributed by atoms with Gasteiger partial charge in [-0.3, -0.25) is 4.21 Å². The normalized spacial score (nSPS) is 12.1. The standard InChI is InChI=1S/C20H17ClOS/c1-14-10-12-15(13-11-14)16-7-5-8-18(21)20(16)17-6-3-4-9-19(17)23(2)22/h3-13H,1-2H3. The lowest BCUT2D eigenvalue weighted by Crippen LogP contribution is -1.94. The van der Waals surface area contributed by atoms with Crippen LogP contribution in [-0.4, -0.2) is 10.5 Å². The Kier molecular flexibility index (Phi) is 4.65. The van der Waals surface area contributed by atoms with Gasteiger partial charge in [-0.25, -0.2) is 0 Å². The van der Waals surface area contributed by atoms with Crippen molar-refractivity contribution >= 4 is 22.4 Å². The van der Waals surface area contributed by atoms with Crippen LogP contribution in [0.4, 0.5) is 0 Å². The zero-order valence-electron chi connectivity index (χ0n) is 13.0. The Morgan fingerprint density at radius 1 is 0.826 bits per heavy atom. The highest BCUT2D eigenvalue weighted by molar-refractivity contribution is 7.84. The molecule has 0 bridgehead atoms. The second-order valence-corrected chi connectivity index (χ2v) is 7.23. The predicted octanol–water partition coefficient (Wildman–Crippen LogP) is 5.72. The molecule has 23 heavy (non-hydrogen) atoms. The van der Waals surface area contributed by atoms with Crippen LogP contribution in [-0.2, 0) is 10.8 Å². The summed E-state index contributed by atoms with van der Waals surface area (Å²) < 4.78 is 12.1. The van der Waals surface area contributed by atoms with E-state index in [1.807, 2.05) is 36.4 Å². The van der Waals surface area contributed by atoms with Crippen molar-refractivity contribution < 1.29 is 4.21 Å². The summed E-state index contributed by atoms with van der Waals surface area (Å²) >= 11 is 6.52. The van der Waals surface area contributed by atoms with E-state index in [1.165, 1.54) is 5.56 Å². The van der Waals surface area contributed by atoms with Crippen molar-refractivity contribution in [3.05, 3.63) is 77.3 Å². The average Bonchev–Trinajstić information content (AvgIpc) is 2.55. The van der Waals surface area contributed by atoms with E-state index in [-0.39, 0.29) is 0 Å². The zero-order chi connectivity index (χ0) is 16.4. The Morgan fingerprint density at radius 3 is 2.17 bits per heavy atom. The molecule has 1 atom stereocenters. The van der Waals surface area contributed by atoms with Gasteiger partial charge < -0.3 is 0 Å². The summed E-state index contributed by atoms with van der Waals surface area (Å²) in [5, 5.41) is 0.668. The van der Waals surface area contributed by atoms with Crippen LogP contribution in [0.1, 0.15) is 5.56 Å². The Hall–Kier alpha value is -1.90. The monoisotopic (exact) mass is 340 g/mol. The molecule has 116 valence electrons. The summed E-state index contributed by atoms with van der Waals surface area (Å²) in [4.78, 5) is 0.800. The second-order valence-electron chi connectivity index (χ2n) is 5.48. The van der Waals surface area contributed by atoms with Crippen LogP contribution in [0.25, 0.3) is 22.3 Å². The molecular formula is C20H17ClOS. The molecule has 0 aromatic heterocycles. The van der Waals surface area contributed by atoms with Crippen molar-refractivity contribution in [2.24, 2.45) is 0 Å². The van der Waals surface area contributed by atoms with Crippen LogP contribution in [0.3, 0.4) is 0 Å². The summed E-state index contributed by atoms with van der Waals surface area (Å²) in [6.07, 6.45) is 1.70. The Balaban J connectivity index is 2.29. The molecule has 3 heteroatoms. The van der Waals surface area contributed by atoms with E-state index in [9.17, 15) is 4.21 Å². The zero-order valence-corrected chi connectivity index (χ0v) is 14.6. The molecule has 0 fully saturated rings. The minimum absolute atomic E-state index is 0.668. The van der Waals surface area contributed by atoms with Crippen LogP contribution in [0, 0.1) is 6.92 Å². The molecule has 0 aliphatic heterocycles. The molecule has 0 aliphatic rings. The van der Waals surface area contributed by atoms with Crippen LogP contribution in [0.15, 0.2) is 71.6 Å². The van der Waals surface area contributed by atoms with Gasteiger partial charge in [0.15, 0.2) is 0 Å². The first-order chi connectivity index (χ1) is 11.1. The smallest absolute Gasteiger partial charge is 0.0504 e.